The number of methoxy groups -OCH3 is 2. The van der Waals surface area contributed by atoms with Crippen molar-refractivity contribution in [3.63, 3.8) is 0 Å². The average molecular weight is 200 g/mol. The minimum Gasteiger partial charge on any atom is -0.469 e. The van der Waals surface area contributed by atoms with Crippen molar-refractivity contribution in [1.82, 2.24) is 0 Å². The van der Waals surface area contributed by atoms with Gasteiger partial charge in [0.25, 0.3) is 0 Å². The summed E-state index contributed by atoms with van der Waals surface area (Å²) < 4.78 is 9.04. The zero-order valence-electron chi connectivity index (χ0n) is 8.99. The summed E-state index contributed by atoms with van der Waals surface area (Å²) >= 11 is 0. The van der Waals surface area contributed by atoms with Crippen LogP contribution in [-0.2, 0) is 19.1 Å². The van der Waals surface area contributed by atoms with Gasteiger partial charge in [-0.05, 0) is 13.8 Å². The number of carbonyl (C=O) groups is 2. The van der Waals surface area contributed by atoms with Crippen molar-refractivity contribution in [3.8, 4) is 0 Å². The Morgan fingerprint density at radius 3 is 2.29 bits per heavy atom. The van der Waals surface area contributed by atoms with Crippen molar-refractivity contribution in [2.45, 2.75) is 20.3 Å². The molecular weight excluding hydrogens is 184 g/mol. The highest BCUT2D eigenvalue weighted by molar-refractivity contribution is 5.76. The molecule has 0 N–H and O–H groups in total. The van der Waals surface area contributed by atoms with Crippen LogP contribution in [0.3, 0.4) is 0 Å². The van der Waals surface area contributed by atoms with Crippen LogP contribution in [0.1, 0.15) is 20.3 Å². The predicted octanol–water partition coefficient (Wildman–Crippen LogP) is 1.30. The van der Waals surface area contributed by atoms with Crippen molar-refractivity contribution >= 4 is 11.9 Å². The van der Waals surface area contributed by atoms with Crippen molar-refractivity contribution in [1.29, 1.82) is 0 Å². The summed E-state index contributed by atoms with van der Waals surface area (Å²) in [6.07, 6.45) is 1.86. The van der Waals surface area contributed by atoms with Gasteiger partial charge in [-0.1, -0.05) is 11.6 Å². The second kappa shape index (κ2) is 6.18. The first-order valence-corrected chi connectivity index (χ1v) is 4.34. The van der Waals surface area contributed by atoms with Crippen molar-refractivity contribution in [2.75, 3.05) is 14.2 Å². The van der Waals surface area contributed by atoms with Crippen molar-refractivity contribution < 1.29 is 19.1 Å². The fourth-order valence-electron chi connectivity index (χ4n) is 0.867. The Labute approximate surface area is 83.9 Å². The molecule has 0 aliphatic carbocycles. The van der Waals surface area contributed by atoms with E-state index in [0.29, 0.717) is 0 Å². The first-order valence-electron chi connectivity index (χ1n) is 4.34. The number of hydrogen-bond acceptors (Lipinski definition) is 4. The lowest BCUT2D eigenvalue weighted by Gasteiger charge is -2.08. The average Bonchev–Trinajstić information content (AvgIpc) is 2.22. The van der Waals surface area contributed by atoms with E-state index in [4.69, 9.17) is 0 Å². The molecule has 1 unspecified atom stereocenters. The van der Waals surface area contributed by atoms with Crippen LogP contribution in [0.2, 0.25) is 0 Å². The number of rotatable bonds is 4. The minimum atomic E-state index is -0.318. The smallest absolute Gasteiger partial charge is 0.312 e. The first-order chi connectivity index (χ1) is 6.52. The lowest BCUT2D eigenvalue weighted by atomic mass is 10.0. The molecule has 0 aliphatic rings. The zero-order chi connectivity index (χ0) is 11.1. The van der Waals surface area contributed by atoms with Gasteiger partial charge in [-0.3, -0.25) is 9.59 Å². The number of ether oxygens (including phenoxy) is 2. The van der Waals surface area contributed by atoms with Gasteiger partial charge in [-0.15, -0.1) is 0 Å². The second-order valence-corrected chi connectivity index (χ2v) is 2.97. The SMILES string of the molecule is COC(=O)C/C=C(\C)C(C)C(=O)OC. The molecule has 0 saturated heterocycles. The molecule has 0 bridgehead atoms. The van der Waals surface area contributed by atoms with E-state index in [-0.39, 0.29) is 24.3 Å². The molecule has 80 valence electrons. The van der Waals surface area contributed by atoms with Gasteiger partial charge in [0.2, 0.25) is 0 Å². The zero-order valence-corrected chi connectivity index (χ0v) is 8.99. The lowest BCUT2D eigenvalue weighted by Crippen LogP contribution is -2.14. The Hall–Kier alpha value is -1.32. The largest absolute Gasteiger partial charge is 0.469 e. The van der Waals surface area contributed by atoms with Gasteiger partial charge in [0.15, 0.2) is 0 Å². The van der Waals surface area contributed by atoms with E-state index >= 15 is 0 Å². The molecule has 0 saturated carbocycles. The third kappa shape index (κ3) is 4.07. The molecule has 0 aromatic heterocycles. The lowest BCUT2D eigenvalue weighted by molar-refractivity contribution is -0.143. The summed E-state index contributed by atoms with van der Waals surface area (Å²) in [5.74, 6) is -0.935. The molecular formula is C10H16O4. The molecule has 4 heteroatoms. The summed E-state index contributed by atoms with van der Waals surface area (Å²) in [7, 11) is 2.67. The highest BCUT2D eigenvalue weighted by Crippen LogP contribution is 2.11. The van der Waals surface area contributed by atoms with E-state index in [9.17, 15) is 9.59 Å². The highest BCUT2D eigenvalue weighted by atomic mass is 16.5. The first kappa shape index (κ1) is 12.7. The topological polar surface area (TPSA) is 52.6 Å². The second-order valence-electron chi connectivity index (χ2n) is 2.97. The molecule has 0 heterocycles. The molecule has 1 atom stereocenters. The fraction of sp³-hybridized carbons (Fsp3) is 0.600. The van der Waals surface area contributed by atoms with Crippen LogP contribution >= 0.6 is 0 Å². The molecule has 0 amide bonds. The van der Waals surface area contributed by atoms with E-state index in [1.165, 1.54) is 14.2 Å². The molecule has 14 heavy (non-hydrogen) atoms. The van der Waals surface area contributed by atoms with Crippen LogP contribution in [0.5, 0.6) is 0 Å². The van der Waals surface area contributed by atoms with E-state index in [1.54, 1.807) is 19.9 Å². The fourth-order valence-corrected chi connectivity index (χ4v) is 0.867. The molecule has 4 nitrogen and oxygen atoms in total. The van der Waals surface area contributed by atoms with Crippen LogP contribution in [0.15, 0.2) is 11.6 Å². The molecule has 0 spiro atoms. The van der Waals surface area contributed by atoms with Gasteiger partial charge in [0.1, 0.15) is 0 Å². The minimum absolute atomic E-state index is 0.184. The summed E-state index contributed by atoms with van der Waals surface area (Å²) in [5, 5.41) is 0. The summed E-state index contributed by atoms with van der Waals surface area (Å²) in [4.78, 5) is 21.9. The van der Waals surface area contributed by atoms with Gasteiger partial charge in [-0.2, -0.15) is 0 Å². The van der Waals surface area contributed by atoms with Crippen LogP contribution in [-0.4, -0.2) is 26.2 Å². The van der Waals surface area contributed by atoms with Crippen LogP contribution in [0, 0.1) is 5.92 Å². The van der Waals surface area contributed by atoms with Crippen LogP contribution in [0.4, 0.5) is 0 Å². The Bertz CT molecular complexity index is 243. The van der Waals surface area contributed by atoms with E-state index in [2.05, 4.69) is 9.47 Å². The predicted molar refractivity (Wildman–Crippen MR) is 51.6 cm³/mol. The van der Waals surface area contributed by atoms with Gasteiger partial charge in [-0.25, -0.2) is 0 Å². The van der Waals surface area contributed by atoms with Crippen molar-refractivity contribution in [3.05, 3.63) is 11.6 Å². The Morgan fingerprint density at radius 1 is 1.29 bits per heavy atom. The monoisotopic (exact) mass is 200 g/mol. The molecule has 0 rings (SSSR count). The quantitative estimate of drug-likeness (QED) is 0.507. The van der Waals surface area contributed by atoms with Gasteiger partial charge < -0.3 is 9.47 Å². The maximum Gasteiger partial charge on any atom is 0.312 e. The van der Waals surface area contributed by atoms with E-state index < -0.39 is 0 Å². The van der Waals surface area contributed by atoms with E-state index in [1.807, 2.05) is 0 Å². The Kier molecular flexibility index (Phi) is 5.60. The van der Waals surface area contributed by atoms with Gasteiger partial charge >= 0.3 is 11.9 Å². The van der Waals surface area contributed by atoms with Crippen LogP contribution < -0.4 is 0 Å². The number of hydrogen-bond donors (Lipinski definition) is 0. The molecule has 0 fully saturated rings. The van der Waals surface area contributed by atoms with Crippen LogP contribution in [0.25, 0.3) is 0 Å². The number of carbonyl (C=O) groups excluding carboxylic acids is 2. The Balaban J connectivity index is 4.23. The summed E-state index contributed by atoms with van der Waals surface area (Å²) in [6, 6.07) is 0. The maximum absolute atomic E-state index is 11.1. The normalized spacial score (nSPS) is 13.3. The van der Waals surface area contributed by atoms with Gasteiger partial charge in [0.05, 0.1) is 26.6 Å². The van der Waals surface area contributed by atoms with Crippen molar-refractivity contribution in [2.24, 2.45) is 5.92 Å². The van der Waals surface area contributed by atoms with Gasteiger partial charge in [0, 0.05) is 0 Å². The standard InChI is InChI=1S/C10H16O4/c1-7(5-6-9(11)13-3)8(2)10(12)14-4/h5,8H,6H2,1-4H3/b7-5+. The molecule has 0 aliphatic heterocycles. The maximum atomic E-state index is 11.1. The summed E-state index contributed by atoms with van der Waals surface area (Å²) in [5.41, 5.74) is 0.808. The Morgan fingerprint density at radius 2 is 1.86 bits per heavy atom. The third-order valence-corrected chi connectivity index (χ3v) is 2.06. The molecule has 0 aromatic rings. The highest BCUT2D eigenvalue weighted by Gasteiger charge is 2.14. The third-order valence-electron chi connectivity index (χ3n) is 2.06. The molecule has 0 aromatic carbocycles. The van der Waals surface area contributed by atoms with E-state index in [0.717, 1.165) is 5.57 Å². The number of esters is 2. The summed E-state index contributed by atoms with van der Waals surface area (Å²) in [6.45, 7) is 3.51. The molecule has 0 radical (unpaired) electrons.